The Labute approximate surface area is 505 Å². The summed E-state index contributed by atoms with van der Waals surface area (Å²) in [5.74, 6) is -0.191. The SMILES string of the molecule is CCCCCCC/C=C\C/C=C\C/C=C\CCCCCCCCCCCCCCCCCCCCC(=O)NC(COP(=O)([O-])OCC[N+](C)(C)C)C(O)/C=C/CCCCCCCCCCCCCCCCCCCCCCCCCC. The molecule has 0 fully saturated rings. The fraction of sp³-hybridized carbons (Fsp3) is 0.875. The maximum atomic E-state index is 13.0. The van der Waals surface area contributed by atoms with E-state index in [1.807, 2.05) is 27.2 Å². The number of likely N-dealkylation sites (N-methyl/N-ethyl adjacent to an activating group) is 1. The van der Waals surface area contributed by atoms with Gasteiger partial charge in [0.15, 0.2) is 0 Å². The van der Waals surface area contributed by atoms with E-state index in [9.17, 15) is 19.4 Å². The van der Waals surface area contributed by atoms with E-state index in [1.165, 1.54) is 283 Å². The number of nitrogens with zero attached hydrogens (tertiary/aromatic N) is 1. The lowest BCUT2D eigenvalue weighted by Gasteiger charge is -2.29. The molecule has 478 valence electrons. The molecule has 0 bridgehead atoms. The summed E-state index contributed by atoms with van der Waals surface area (Å²) in [6, 6.07) is -0.888. The van der Waals surface area contributed by atoms with E-state index < -0.39 is 20.0 Å². The van der Waals surface area contributed by atoms with E-state index in [0.717, 1.165) is 51.4 Å². The van der Waals surface area contributed by atoms with E-state index in [0.29, 0.717) is 17.4 Å². The predicted octanol–water partition coefficient (Wildman–Crippen LogP) is 22.0. The zero-order chi connectivity index (χ0) is 59.1. The van der Waals surface area contributed by atoms with Gasteiger partial charge in [-0.15, -0.1) is 0 Å². The second-order valence-electron chi connectivity index (χ2n) is 25.6. The van der Waals surface area contributed by atoms with Crippen molar-refractivity contribution in [1.82, 2.24) is 5.32 Å². The number of amides is 1. The lowest BCUT2D eigenvalue weighted by molar-refractivity contribution is -0.870. The van der Waals surface area contributed by atoms with Gasteiger partial charge in [0.2, 0.25) is 5.91 Å². The highest BCUT2D eigenvalue weighted by Gasteiger charge is 2.23. The van der Waals surface area contributed by atoms with Gasteiger partial charge >= 0.3 is 0 Å². The van der Waals surface area contributed by atoms with Gasteiger partial charge in [-0.25, -0.2) is 0 Å². The van der Waals surface area contributed by atoms with Crippen LogP contribution in [0.15, 0.2) is 48.6 Å². The fourth-order valence-electron chi connectivity index (χ4n) is 10.8. The minimum Gasteiger partial charge on any atom is -0.756 e. The Morgan fingerprint density at radius 2 is 0.716 bits per heavy atom. The minimum absolute atomic E-state index is 0.000160. The molecule has 0 heterocycles. The van der Waals surface area contributed by atoms with Gasteiger partial charge < -0.3 is 28.8 Å². The van der Waals surface area contributed by atoms with E-state index in [4.69, 9.17) is 9.05 Å². The van der Waals surface area contributed by atoms with Gasteiger partial charge in [0.25, 0.3) is 7.82 Å². The number of aliphatic hydroxyl groups is 1. The topological polar surface area (TPSA) is 108 Å². The van der Waals surface area contributed by atoms with Crippen LogP contribution in [0, 0.1) is 0 Å². The molecule has 0 aliphatic carbocycles. The summed E-state index contributed by atoms with van der Waals surface area (Å²) in [5, 5.41) is 14.0. The van der Waals surface area contributed by atoms with Gasteiger partial charge in [-0.3, -0.25) is 9.36 Å². The first kappa shape index (κ1) is 79.5. The quantitative estimate of drug-likeness (QED) is 0.0272. The number of carbonyl (C=O) groups excluding carboxylic acids is 1. The first-order valence-electron chi connectivity index (χ1n) is 35.5. The van der Waals surface area contributed by atoms with Crippen LogP contribution in [-0.4, -0.2) is 68.5 Å². The van der Waals surface area contributed by atoms with Crippen LogP contribution in [0.3, 0.4) is 0 Å². The Morgan fingerprint density at radius 1 is 0.432 bits per heavy atom. The van der Waals surface area contributed by atoms with Crippen LogP contribution in [0.25, 0.3) is 0 Å². The Morgan fingerprint density at radius 3 is 1.04 bits per heavy atom. The van der Waals surface area contributed by atoms with Crippen LogP contribution in [0.5, 0.6) is 0 Å². The standard InChI is InChI=1S/C72H139N2O6P/c1-6-8-10-12-14-16-18-20-22-24-26-28-30-32-34-35-36-37-38-39-40-42-44-46-48-50-52-54-56-58-60-62-64-66-72(76)73-70(69-80-81(77,78)79-68-67-74(3,4)5)71(75)65-63-61-59-57-55-53-51-49-47-45-43-41-33-31-29-27-25-23-21-19-17-15-13-11-9-7-2/h18,20,24,26,30,32,63,65,70-71,75H,6-17,19,21-23,25,27-29,31,33-62,64,66-69H2,1-5H3,(H-,73,76,77,78)/b20-18-,26-24-,32-30-,65-63+. The maximum absolute atomic E-state index is 13.0. The van der Waals surface area contributed by atoms with Crippen molar-refractivity contribution in [2.24, 2.45) is 0 Å². The van der Waals surface area contributed by atoms with E-state index in [-0.39, 0.29) is 19.1 Å². The van der Waals surface area contributed by atoms with Crippen molar-refractivity contribution in [3.8, 4) is 0 Å². The molecular formula is C72H139N2O6P. The molecule has 0 aliphatic rings. The summed E-state index contributed by atoms with van der Waals surface area (Å²) in [4.78, 5) is 25.6. The molecule has 0 aromatic carbocycles. The summed E-state index contributed by atoms with van der Waals surface area (Å²) < 4.78 is 23.5. The Hall–Kier alpha value is -1.54. The average molecular weight is 1160 g/mol. The Balaban J connectivity index is 4.04. The van der Waals surface area contributed by atoms with Crippen molar-refractivity contribution < 1.29 is 32.9 Å². The second kappa shape index (κ2) is 63.0. The smallest absolute Gasteiger partial charge is 0.268 e. The van der Waals surface area contributed by atoms with E-state index in [2.05, 4.69) is 55.6 Å². The zero-order valence-electron chi connectivity index (χ0n) is 54.8. The third kappa shape index (κ3) is 65.9. The monoisotopic (exact) mass is 1160 g/mol. The average Bonchev–Trinajstić information content (AvgIpc) is 3.43. The van der Waals surface area contributed by atoms with Gasteiger partial charge in [0.05, 0.1) is 39.9 Å². The Bertz CT molecular complexity index is 1460. The maximum Gasteiger partial charge on any atom is 0.268 e. The summed E-state index contributed by atoms with van der Waals surface area (Å²) >= 11 is 0. The molecule has 1 amide bonds. The Kier molecular flexibility index (Phi) is 61.8. The van der Waals surface area contributed by atoms with E-state index >= 15 is 0 Å². The van der Waals surface area contributed by atoms with Crippen molar-refractivity contribution in [3.05, 3.63) is 48.6 Å². The van der Waals surface area contributed by atoms with Crippen LogP contribution >= 0.6 is 7.82 Å². The van der Waals surface area contributed by atoms with Crippen molar-refractivity contribution in [2.45, 2.75) is 366 Å². The molecule has 9 heteroatoms. The molecule has 0 saturated heterocycles. The van der Waals surface area contributed by atoms with Crippen LogP contribution in [0.2, 0.25) is 0 Å². The number of rotatable bonds is 66. The number of carbonyl (C=O) groups is 1. The molecule has 0 aromatic rings. The molecule has 0 saturated carbocycles. The summed E-state index contributed by atoms with van der Waals surface area (Å²) in [7, 11) is 1.28. The van der Waals surface area contributed by atoms with E-state index in [1.54, 1.807) is 6.08 Å². The zero-order valence-corrected chi connectivity index (χ0v) is 55.6. The number of unbranched alkanes of at least 4 members (excludes halogenated alkanes) is 47. The van der Waals surface area contributed by atoms with Crippen LogP contribution < -0.4 is 10.2 Å². The van der Waals surface area contributed by atoms with Crippen LogP contribution in [-0.2, 0) is 18.4 Å². The fourth-order valence-corrected chi connectivity index (χ4v) is 11.5. The number of hydrogen-bond donors (Lipinski definition) is 2. The molecular weight excluding hydrogens is 1020 g/mol. The summed E-state index contributed by atoms with van der Waals surface area (Å²) in [5.41, 5.74) is 0. The molecule has 0 radical (unpaired) electrons. The lowest BCUT2D eigenvalue weighted by Crippen LogP contribution is -2.45. The normalized spacial score (nSPS) is 13.9. The highest BCUT2D eigenvalue weighted by Crippen LogP contribution is 2.38. The number of phosphoric ester groups is 1. The van der Waals surface area contributed by atoms with Crippen molar-refractivity contribution in [3.63, 3.8) is 0 Å². The largest absolute Gasteiger partial charge is 0.756 e. The van der Waals surface area contributed by atoms with Gasteiger partial charge in [0.1, 0.15) is 13.2 Å². The number of nitrogens with one attached hydrogen (secondary N) is 1. The molecule has 3 atom stereocenters. The molecule has 0 spiro atoms. The molecule has 81 heavy (non-hydrogen) atoms. The van der Waals surface area contributed by atoms with Gasteiger partial charge in [0, 0.05) is 6.42 Å². The third-order valence-corrected chi connectivity index (χ3v) is 17.2. The molecule has 3 unspecified atom stereocenters. The number of aliphatic hydroxyl groups excluding tert-OH is 1. The molecule has 8 nitrogen and oxygen atoms in total. The number of phosphoric acid groups is 1. The molecule has 2 N–H and O–H groups in total. The van der Waals surface area contributed by atoms with Crippen molar-refractivity contribution >= 4 is 13.7 Å². The lowest BCUT2D eigenvalue weighted by atomic mass is 10.0. The predicted molar refractivity (Wildman–Crippen MR) is 353 cm³/mol. The first-order chi connectivity index (χ1) is 39.5. The number of allylic oxidation sites excluding steroid dienone is 7. The molecule has 0 rings (SSSR count). The van der Waals surface area contributed by atoms with Crippen molar-refractivity contribution in [1.29, 1.82) is 0 Å². The number of hydrogen-bond acceptors (Lipinski definition) is 6. The molecule has 0 aliphatic heterocycles. The second-order valence-corrected chi connectivity index (χ2v) is 27.0. The van der Waals surface area contributed by atoms with Gasteiger partial charge in [-0.05, 0) is 57.8 Å². The molecule has 0 aromatic heterocycles. The first-order valence-corrected chi connectivity index (χ1v) is 37.0. The summed E-state index contributed by atoms with van der Waals surface area (Å²) in [6.45, 7) is 4.69. The van der Waals surface area contributed by atoms with Crippen LogP contribution in [0.4, 0.5) is 0 Å². The highest BCUT2D eigenvalue weighted by atomic mass is 31.2. The third-order valence-electron chi connectivity index (χ3n) is 16.3. The van der Waals surface area contributed by atoms with Crippen LogP contribution in [0.1, 0.15) is 354 Å². The highest BCUT2D eigenvalue weighted by molar-refractivity contribution is 7.45. The number of quaternary nitrogens is 1. The summed E-state index contributed by atoms with van der Waals surface area (Å²) in [6.07, 6.45) is 85.2. The van der Waals surface area contributed by atoms with Crippen molar-refractivity contribution in [2.75, 3.05) is 40.9 Å². The van der Waals surface area contributed by atoms with Gasteiger partial charge in [-0.2, -0.15) is 0 Å². The minimum atomic E-state index is -4.60. The van der Waals surface area contributed by atoms with Gasteiger partial charge in [-0.1, -0.05) is 339 Å².